The summed E-state index contributed by atoms with van der Waals surface area (Å²) in [5.74, 6) is 7.99. The Morgan fingerprint density at radius 2 is 0.941 bits per heavy atom. The van der Waals surface area contributed by atoms with Crippen molar-refractivity contribution < 1.29 is 0 Å². The summed E-state index contributed by atoms with van der Waals surface area (Å²) in [6, 6.07) is 0. The van der Waals surface area contributed by atoms with Gasteiger partial charge in [0.15, 0.2) is 0 Å². The molecule has 0 bridgehead atoms. The van der Waals surface area contributed by atoms with Crippen molar-refractivity contribution in [3.63, 3.8) is 0 Å². The third kappa shape index (κ3) is 1.78. The molecule has 4 atom stereocenters. The van der Waals surface area contributed by atoms with Crippen molar-refractivity contribution in [2.24, 2.45) is 41.4 Å². The van der Waals surface area contributed by atoms with Gasteiger partial charge in [0.05, 0.1) is 0 Å². The Morgan fingerprint density at radius 3 is 1.47 bits per heavy atom. The van der Waals surface area contributed by atoms with Gasteiger partial charge in [-0.2, -0.15) is 0 Å². The predicted octanol–water partition coefficient (Wildman–Crippen LogP) is 4.89. The predicted molar refractivity (Wildman–Crippen MR) is 71.7 cm³/mol. The standard InChI is InChI=1S/C17H28/c1-11-5-14-9-17(10-15(14)6-11)16-7-12-3-2-4-13(12)8-16/h11-17H,2-10H2,1H3. The van der Waals surface area contributed by atoms with Gasteiger partial charge < -0.3 is 0 Å². The van der Waals surface area contributed by atoms with Gasteiger partial charge in [0.1, 0.15) is 0 Å². The lowest BCUT2D eigenvalue weighted by molar-refractivity contribution is 0.299. The largest absolute Gasteiger partial charge is 0.0625 e. The second-order valence-electron chi connectivity index (χ2n) is 8.01. The third-order valence-electron chi connectivity index (χ3n) is 6.98. The van der Waals surface area contributed by atoms with Crippen LogP contribution in [0.1, 0.15) is 64.7 Å². The molecule has 0 aromatic carbocycles. The van der Waals surface area contributed by atoms with E-state index in [4.69, 9.17) is 0 Å². The maximum Gasteiger partial charge on any atom is -0.0380 e. The molecule has 0 aromatic rings. The topological polar surface area (TPSA) is 0 Å². The normalized spacial score (nSPS) is 57.4. The molecular formula is C17H28. The summed E-state index contributed by atoms with van der Waals surface area (Å²) in [6.07, 6.45) is 14.4. The summed E-state index contributed by atoms with van der Waals surface area (Å²) in [5.41, 5.74) is 0. The Morgan fingerprint density at radius 1 is 0.529 bits per heavy atom. The smallest absolute Gasteiger partial charge is 0.0380 e. The number of rotatable bonds is 1. The van der Waals surface area contributed by atoms with Crippen molar-refractivity contribution >= 4 is 0 Å². The average molecular weight is 232 g/mol. The number of fused-ring (bicyclic) bond motifs is 2. The van der Waals surface area contributed by atoms with Crippen LogP contribution >= 0.6 is 0 Å². The fourth-order valence-corrected chi connectivity index (χ4v) is 6.34. The van der Waals surface area contributed by atoms with Crippen LogP contribution in [0.15, 0.2) is 0 Å². The molecular weight excluding hydrogens is 204 g/mol. The van der Waals surface area contributed by atoms with Crippen molar-refractivity contribution in [2.75, 3.05) is 0 Å². The molecule has 0 amide bonds. The van der Waals surface area contributed by atoms with E-state index in [0.717, 1.165) is 29.6 Å². The summed E-state index contributed by atoms with van der Waals surface area (Å²) in [4.78, 5) is 0. The van der Waals surface area contributed by atoms with E-state index in [2.05, 4.69) is 6.92 Å². The summed E-state index contributed by atoms with van der Waals surface area (Å²) < 4.78 is 0. The van der Waals surface area contributed by atoms with Crippen LogP contribution in [0.2, 0.25) is 0 Å². The molecule has 4 unspecified atom stereocenters. The zero-order chi connectivity index (χ0) is 11.4. The van der Waals surface area contributed by atoms with Crippen LogP contribution in [-0.4, -0.2) is 0 Å². The molecule has 4 rings (SSSR count). The first-order valence-electron chi connectivity index (χ1n) is 8.29. The van der Waals surface area contributed by atoms with Crippen molar-refractivity contribution in [3.05, 3.63) is 0 Å². The molecule has 0 saturated heterocycles. The van der Waals surface area contributed by atoms with Crippen LogP contribution in [0.4, 0.5) is 0 Å². The van der Waals surface area contributed by atoms with Crippen LogP contribution in [-0.2, 0) is 0 Å². The molecule has 17 heavy (non-hydrogen) atoms. The van der Waals surface area contributed by atoms with Gasteiger partial charge in [-0.05, 0) is 80.0 Å². The molecule has 96 valence electrons. The molecule has 0 aliphatic heterocycles. The van der Waals surface area contributed by atoms with Crippen molar-refractivity contribution in [2.45, 2.75) is 64.7 Å². The van der Waals surface area contributed by atoms with Crippen LogP contribution in [0, 0.1) is 41.4 Å². The van der Waals surface area contributed by atoms with E-state index in [0.29, 0.717) is 0 Å². The maximum absolute atomic E-state index is 2.48. The Hall–Kier alpha value is 0. The van der Waals surface area contributed by atoms with Crippen LogP contribution in [0.3, 0.4) is 0 Å². The molecule has 4 saturated carbocycles. The monoisotopic (exact) mass is 232 g/mol. The summed E-state index contributed by atoms with van der Waals surface area (Å²) in [7, 11) is 0. The van der Waals surface area contributed by atoms with Gasteiger partial charge in [-0.3, -0.25) is 0 Å². The Labute approximate surface area is 107 Å². The SMILES string of the molecule is CC1CC2CC(C3CC4CCCC4C3)CC2C1. The first-order chi connectivity index (χ1) is 8.29. The number of hydrogen-bond acceptors (Lipinski definition) is 0. The van der Waals surface area contributed by atoms with Gasteiger partial charge in [-0.25, -0.2) is 0 Å². The van der Waals surface area contributed by atoms with Gasteiger partial charge >= 0.3 is 0 Å². The Kier molecular flexibility index (Phi) is 2.56. The summed E-state index contributed by atoms with van der Waals surface area (Å²) in [6.45, 7) is 2.48. The second-order valence-corrected chi connectivity index (χ2v) is 8.01. The molecule has 4 aliphatic carbocycles. The Bertz CT molecular complexity index is 268. The highest BCUT2D eigenvalue weighted by Crippen LogP contribution is 2.56. The minimum absolute atomic E-state index is 1.05. The van der Waals surface area contributed by atoms with Crippen molar-refractivity contribution in [3.8, 4) is 0 Å². The van der Waals surface area contributed by atoms with Crippen LogP contribution in [0.5, 0.6) is 0 Å². The summed E-state index contributed by atoms with van der Waals surface area (Å²) >= 11 is 0. The minimum atomic E-state index is 1.05. The van der Waals surface area contributed by atoms with E-state index >= 15 is 0 Å². The van der Waals surface area contributed by atoms with Crippen LogP contribution < -0.4 is 0 Å². The third-order valence-corrected chi connectivity index (χ3v) is 6.98. The average Bonchev–Trinajstić information content (AvgIpc) is 2.90. The fourth-order valence-electron chi connectivity index (χ4n) is 6.34. The van der Waals surface area contributed by atoms with E-state index in [-0.39, 0.29) is 0 Å². The van der Waals surface area contributed by atoms with E-state index < -0.39 is 0 Å². The minimum Gasteiger partial charge on any atom is -0.0625 e. The highest BCUT2D eigenvalue weighted by Gasteiger charge is 2.46. The zero-order valence-electron chi connectivity index (χ0n) is 11.4. The lowest BCUT2D eigenvalue weighted by Gasteiger charge is -2.20. The fraction of sp³-hybridized carbons (Fsp3) is 1.00. The quantitative estimate of drug-likeness (QED) is 0.604. The maximum atomic E-state index is 2.48. The molecule has 0 radical (unpaired) electrons. The molecule has 0 N–H and O–H groups in total. The molecule has 0 aromatic heterocycles. The van der Waals surface area contributed by atoms with Crippen LogP contribution in [0.25, 0.3) is 0 Å². The molecule has 0 heterocycles. The van der Waals surface area contributed by atoms with Crippen molar-refractivity contribution in [1.29, 1.82) is 0 Å². The van der Waals surface area contributed by atoms with E-state index in [1.807, 2.05) is 0 Å². The second kappa shape index (κ2) is 4.00. The molecule has 4 fully saturated rings. The zero-order valence-corrected chi connectivity index (χ0v) is 11.4. The van der Waals surface area contributed by atoms with Gasteiger partial charge in [-0.1, -0.05) is 26.2 Å². The van der Waals surface area contributed by atoms with Gasteiger partial charge in [0, 0.05) is 0 Å². The van der Waals surface area contributed by atoms with Crippen molar-refractivity contribution in [1.82, 2.24) is 0 Å². The number of hydrogen-bond donors (Lipinski definition) is 0. The lowest BCUT2D eigenvalue weighted by Crippen LogP contribution is -2.11. The van der Waals surface area contributed by atoms with Gasteiger partial charge in [0.2, 0.25) is 0 Å². The highest BCUT2D eigenvalue weighted by atomic mass is 14.5. The van der Waals surface area contributed by atoms with Gasteiger partial charge in [-0.15, -0.1) is 0 Å². The lowest BCUT2D eigenvalue weighted by atomic mass is 9.85. The first kappa shape index (κ1) is 10.9. The summed E-state index contributed by atoms with van der Waals surface area (Å²) in [5, 5.41) is 0. The van der Waals surface area contributed by atoms with E-state index in [9.17, 15) is 0 Å². The molecule has 4 aliphatic rings. The molecule has 0 heteroatoms. The first-order valence-corrected chi connectivity index (χ1v) is 8.29. The highest BCUT2D eigenvalue weighted by molar-refractivity contribution is 4.97. The Balaban J connectivity index is 1.39. The van der Waals surface area contributed by atoms with E-state index in [1.165, 1.54) is 11.8 Å². The van der Waals surface area contributed by atoms with E-state index in [1.54, 1.807) is 57.8 Å². The van der Waals surface area contributed by atoms with Gasteiger partial charge in [0.25, 0.3) is 0 Å². The molecule has 0 nitrogen and oxygen atoms in total. The molecule has 0 spiro atoms.